The van der Waals surface area contributed by atoms with Crippen molar-refractivity contribution in [2.45, 2.75) is 19.8 Å². The Morgan fingerprint density at radius 1 is 1.18 bits per heavy atom. The number of nitrogens with zero attached hydrogens (tertiary/aromatic N) is 1. The molecule has 0 radical (unpaired) electrons. The lowest BCUT2D eigenvalue weighted by Gasteiger charge is -2.04. The van der Waals surface area contributed by atoms with Crippen molar-refractivity contribution in [2.75, 3.05) is 7.05 Å². The predicted octanol–water partition coefficient (Wildman–Crippen LogP) is 3.48. The third kappa shape index (κ3) is 3.02. The largest absolute Gasteiger partial charge is 0.359 e. The fourth-order valence-electron chi connectivity index (χ4n) is 2.57. The maximum absolute atomic E-state index is 11.5. The average molecular weight is 310 g/mol. The van der Waals surface area contributed by atoms with Gasteiger partial charge in [0.2, 0.25) is 5.91 Å². The van der Waals surface area contributed by atoms with Crippen LogP contribution in [0.1, 0.15) is 21.1 Å². The Bertz CT molecular complexity index is 818. The first-order valence-electron chi connectivity index (χ1n) is 7.30. The molecule has 0 bridgehead atoms. The Morgan fingerprint density at radius 3 is 2.77 bits per heavy atom. The summed E-state index contributed by atoms with van der Waals surface area (Å²) < 4.78 is 0. The highest BCUT2D eigenvalue weighted by atomic mass is 32.1. The molecule has 2 aromatic carbocycles. The van der Waals surface area contributed by atoms with Crippen LogP contribution in [0.3, 0.4) is 0 Å². The van der Waals surface area contributed by atoms with Gasteiger partial charge < -0.3 is 5.32 Å². The molecule has 1 N–H and O–H groups in total. The first kappa shape index (κ1) is 14.7. The summed E-state index contributed by atoms with van der Waals surface area (Å²) >= 11 is 1.63. The lowest BCUT2D eigenvalue weighted by Crippen LogP contribution is -2.19. The molecule has 0 saturated carbocycles. The van der Waals surface area contributed by atoms with E-state index in [1.807, 2.05) is 6.92 Å². The van der Waals surface area contributed by atoms with Crippen LogP contribution in [0, 0.1) is 6.92 Å². The number of hydrogen-bond donors (Lipinski definition) is 1. The van der Waals surface area contributed by atoms with Gasteiger partial charge in [-0.05, 0) is 23.3 Å². The summed E-state index contributed by atoms with van der Waals surface area (Å²) in [5.74, 6) is 0.0310. The molecule has 0 unspecified atom stereocenters. The Hall–Kier alpha value is -2.20. The summed E-state index contributed by atoms with van der Waals surface area (Å²) in [6.07, 6.45) is 1.22. The van der Waals surface area contributed by atoms with E-state index in [1.165, 1.54) is 16.3 Å². The summed E-state index contributed by atoms with van der Waals surface area (Å²) in [6, 6.07) is 14.8. The van der Waals surface area contributed by atoms with Crippen molar-refractivity contribution >= 4 is 28.0 Å². The number of thiazole rings is 1. The minimum Gasteiger partial charge on any atom is -0.359 e. The first-order valence-corrected chi connectivity index (χ1v) is 8.11. The van der Waals surface area contributed by atoms with Gasteiger partial charge >= 0.3 is 0 Å². The van der Waals surface area contributed by atoms with Crippen molar-refractivity contribution in [1.82, 2.24) is 10.3 Å². The monoisotopic (exact) mass is 310 g/mol. The molecular formula is C18H18N2OS. The van der Waals surface area contributed by atoms with Gasteiger partial charge in [-0.15, -0.1) is 11.3 Å². The molecule has 22 heavy (non-hydrogen) atoms. The number of carbonyl (C=O) groups is 1. The number of hydrogen-bond acceptors (Lipinski definition) is 3. The second-order valence-electron chi connectivity index (χ2n) is 5.28. The van der Waals surface area contributed by atoms with Crippen molar-refractivity contribution in [1.29, 1.82) is 0 Å². The van der Waals surface area contributed by atoms with E-state index < -0.39 is 0 Å². The zero-order valence-corrected chi connectivity index (χ0v) is 13.5. The van der Waals surface area contributed by atoms with Crippen molar-refractivity contribution in [3.05, 3.63) is 63.6 Å². The molecule has 0 aliphatic heterocycles. The number of likely N-dealkylation sites (N-methyl/N-ethyl adjacent to an activating group) is 1. The van der Waals surface area contributed by atoms with Crippen LogP contribution < -0.4 is 5.32 Å². The number of benzene rings is 2. The summed E-state index contributed by atoms with van der Waals surface area (Å²) in [7, 11) is 1.66. The zero-order valence-electron chi connectivity index (χ0n) is 12.7. The summed E-state index contributed by atoms with van der Waals surface area (Å²) in [6.45, 7) is 1.97. The van der Waals surface area contributed by atoms with Crippen molar-refractivity contribution in [2.24, 2.45) is 0 Å². The van der Waals surface area contributed by atoms with Crippen molar-refractivity contribution in [3.63, 3.8) is 0 Å². The quantitative estimate of drug-likeness (QED) is 0.801. The molecular weight excluding hydrogens is 292 g/mol. The first-order chi connectivity index (χ1) is 10.7. The molecule has 0 atom stereocenters. The molecule has 1 aromatic heterocycles. The number of amides is 1. The second-order valence-corrected chi connectivity index (χ2v) is 6.45. The van der Waals surface area contributed by atoms with E-state index in [-0.39, 0.29) is 5.91 Å². The van der Waals surface area contributed by atoms with Crippen LogP contribution in [0.25, 0.3) is 10.8 Å². The van der Waals surface area contributed by atoms with Crippen LogP contribution in [-0.2, 0) is 17.6 Å². The fourth-order valence-corrected chi connectivity index (χ4v) is 3.66. The van der Waals surface area contributed by atoms with Crippen molar-refractivity contribution < 1.29 is 4.79 Å². The van der Waals surface area contributed by atoms with Crippen LogP contribution >= 0.6 is 11.3 Å². The molecule has 0 aliphatic carbocycles. The summed E-state index contributed by atoms with van der Waals surface area (Å²) in [5, 5.41) is 6.24. The lowest BCUT2D eigenvalue weighted by atomic mass is 10.0. The summed E-state index contributed by atoms with van der Waals surface area (Å²) in [4.78, 5) is 17.2. The molecule has 3 nitrogen and oxygen atoms in total. The third-order valence-electron chi connectivity index (χ3n) is 3.76. The molecule has 1 amide bonds. The van der Waals surface area contributed by atoms with E-state index in [2.05, 4.69) is 52.8 Å². The average Bonchev–Trinajstić information content (AvgIpc) is 2.87. The van der Waals surface area contributed by atoms with Gasteiger partial charge in [0.1, 0.15) is 0 Å². The maximum atomic E-state index is 11.5. The Balaban J connectivity index is 1.89. The van der Waals surface area contributed by atoms with Crippen LogP contribution in [-0.4, -0.2) is 17.9 Å². The van der Waals surface area contributed by atoms with Gasteiger partial charge in [-0.1, -0.05) is 42.5 Å². The zero-order chi connectivity index (χ0) is 15.5. The molecule has 3 rings (SSSR count). The molecule has 0 fully saturated rings. The molecule has 0 spiro atoms. The summed E-state index contributed by atoms with van der Waals surface area (Å²) in [5.41, 5.74) is 2.24. The number of rotatable bonds is 4. The molecule has 4 heteroatoms. The standard InChI is InChI=1S/C18H18N2OS/c1-12-16(11-17(21)19-2)22-18(20-12)10-14-8-5-7-13-6-3-4-9-15(13)14/h3-9H,10-11H2,1-2H3,(H,19,21). The van der Waals surface area contributed by atoms with Crippen LogP contribution in [0.2, 0.25) is 0 Å². The number of aryl methyl sites for hydroxylation is 1. The van der Waals surface area contributed by atoms with Gasteiger partial charge in [0.05, 0.1) is 17.1 Å². The highest BCUT2D eigenvalue weighted by Gasteiger charge is 2.12. The van der Waals surface area contributed by atoms with E-state index in [9.17, 15) is 4.79 Å². The minimum atomic E-state index is 0.0310. The van der Waals surface area contributed by atoms with Gasteiger partial charge in [0.15, 0.2) is 0 Å². The lowest BCUT2D eigenvalue weighted by molar-refractivity contribution is -0.119. The van der Waals surface area contributed by atoms with E-state index in [0.717, 1.165) is 22.0 Å². The highest BCUT2D eigenvalue weighted by Crippen LogP contribution is 2.25. The SMILES string of the molecule is CNC(=O)Cc1sc(Cc2cccc3ccccc23)nc1C. The predicted molar refractivity (Wildman–Crippen MR) is 91.4 cm³/mol. The Labute approximate surface area is 134 Å². The van der Waals surface area contributed by atoms with E-state index in [4.69, 9.17) is 0 Å². The van der Waals surface area contributed by atoms with Gasteiger partial charge in [-0.2, -0.15) is 0 Å². The number of fused-ring (bicyclic) bond motifs is 1. The van der Waals surface area contributed by atoms with Crippen LogP contribution in [0.4, 0.5) is 0 Å². The van der Waals surface area contributed by atoms with Gasteiger partial charge in [-0.3, -0.25) is 4.79 Å². The van der Waals surface area contributed by atoms with Crippen molar-refractivity contribution in [3.8, 4) is 0 Å². The second kappa shape index (κ2) is 6.28. The number of carbonyl (C=O) groups excluding carboxylic acids is 1. The smallest absolute Gasteiger partial charge is 0.225 e. The number of aromatic nitrogens is 1. The molecule has 112 valence electrons. The van der Waals surface area contributed by atoms with Crippen LogP contribution in [0.15, 0.2) is 42.5 Å². The molecule has 0 saturated heterocycles. The normalized spacial score (nSPS) is 10.8. The molecule has 1 heterocycles. The highest BCUT2D eigenvalue weighted by molar-refractivity contribution is 7.11. The van der Waals surface area contributed by atoms with Gasteiger partial charge in [0.25, 0.3) is 0 Å². The Kier molecular flexibility index (Phi) is 4.20. The molecule has 0 aliphatic rings. The topological polar surface area (TPSA) is 42.0 Å². The number of nitrogens with one attached hydrogen (secondary N) is 1. The van der Waals surface area contributed by atoms with E-state index in [1.54, 1.807) is 18.4 Å². The maximum Gasteiger partial charge on any atom is 0.225 e. The molecule has 3 aromatic rings. The minimum absolute atomic E-state index is 0.0310. The Morgan fingerprint density at radius 2 is 1.95 bits per heavy atom. The third-order valence-corrected chi connectivity index (χ3v) is 4.92. The van der Waals surface area contributed by atoms with Gasteiger partial charge in [0, 0.05) is 18.3 Å². The van der Waals surface area contributed by atoms with E-state index in [0.29, 0.717) is 6.42 Å². The fraction of sp³-hybridized carbons (Fsp3) is 0.222. The van der Waals surface area contributed by atoms with Crippen LogP contribution in [0.5, 0.6) is 0 Å². The van der Waals surface area contributed by atoms with E-state index >= 15 is 0 Å². The van der Waals surface area contributed by atoms with Gasteiger partial charge in [-0.25, -0.2) is 4.98 Å².